The lowest BCUT2D eigenvalue weighted by Crippen LogP contribution is -2.24. The third-order valence-corrected chi connectivity index (χ3v) is 4.68. The molecule has 0 spiro atoms. The summed E-state index contributed by atoms with van der Waals surface area (Å²) in [5.74, 6) is 1.05. The highest BCUT2D eigenvalue weighted by molar-refractivity contribution is 5.39. The van der Waals surface area contributed by atoms with Crippen molar-refractivity contribution in [2.45, 2.75) is 98.8 Å². The minimum Gasteiger partial charge on any atom is -0.493 e. The van der Waals surface area contributed by atoms with Crippen LogP contribution in [0.1, 0.15) is 97.6 Å². The van der Waals surface area contributed by atoms with Gasteiger partial charge in [0.15, 0.2) is 0 Å². The van der Waals surface area contributed by atoms with Gasteiger partial charge in [0.05, 0.1) is 6.61 Å². The van der Waals surface area contributed by atoms with E-state index in [0.717, 1.165) is 12.4 Å². The van der Waals surface area contributed by atoms with E-state index >= 15 is 0 Å². The van der Waals surface area contributed by atoms with Crippen molar-refractivity contribution in [2.75, 3.05) is 6.61 Å². The summed E-state index contributed by atoms with van der Waals surface area (Å²) in [5, 5.41) is 0. The topological polar surface area (TPSA) is 9.23 Å². The quantitative estimate of drug-likeness (QED) is 0.404. The second-order valence-electron chi connectivity index (χ2n) is 9.22. The van der Waals surface area contributed by atoms with E-state index in [1.807, 2.05) is 0 Å². The molecule has 138 valence electrons. The lowest BCUT2D eigenvalue weighted by atomic mass is 9.72. The van der Waals surface area contributed by atoms with Crippen molar-refractivity contribution in [1.29, 1.82) is 0 Å². The molecule has 0 bridgehead atoms. The molecule has 0 aromatic heterocycles. The molecule has 0 saturated carbocycles. The molecule has 24 heavy (non-hydrogen) atoms. The largest absolute Gasteiger partial charge is 0.493 e. The Morgan fingerprint density at radius 2 is 1.50 bits per heavy atom. The first kappa shape index (κ1) is 21.1. The molecule has 1 aromatic carbocycles. The maximum absolute atomic E-state index is 6.01. The molecule has 0 unspecified atom stereocenters. The van der Waals surface area contributed by atoms with Crippen molar-refractivity contribution in [2.24, 2.45) is 5.41 Å². The molecule has 0 aliphatic rings. The zero-order valence-corrected chi connectivity index (χ0v) is 17.3. The summed E-state index contributed by atoms with van der Waals surface area (Å²) >= 11 is 0. The van der Waals surface area contributed by atoms with Crippen LogP contribution in [0.4, 0.5) is 0 Å². The van der Waals surface area contributed by atoms with Gasteiger partial charge in [-0.15, -0.1) is 0 Å². The molecule has 0 heterocycles. The molecule has 0 N–H and O–H groups in total. The summed E-state index contributed by atoms with van der Waals surface area (Å²) < 4.78 is 6.01. The number of aryl methyl sites for hydroxylation is 1. The van der Waals surface area contributed by atoms with Gasteiger partial charge in [-0.3, -0.25) is 0 Å². The summed E-state index contributed by atoms with van der Waals surface area (Å²) in [6.07, 6.45) is 9.02. The third-order valence-electron chi connectivity index (χ3n) is 4.68. The fourth-order valence-corrected chi connectivity index (χ4v) is 3.72. The second-order valence-corrected chi connectivity index (χ2v) is 9.22. The van der Waals surface area contributed by atoms with Gasteiger partial charge in [-0.25, -0.2) is 0 Å². The fraction of sp³-hybridized carbons (Fsp3) is 0.739. The number of ether oxygens (including phenoxy) is 1. The molecule has 0 radical (unpaired) electrons. The second kappa shape index (κ2) is 9.49. The summed E-state index contributed by atoms with van der Waals surface area (Å²) in [4.78, 5) is 0. The van der Waals surface area contributed by atoms with Gasteiger partial charge < -0.3 is 4.74 Å². The van der Waals surface area contributed by atoms with E-state index in [9.17, 15) is 0 Å². The lowest BCUT2D eigenvalue weighted by molar-refractivity contribution is 0.283. The van der Waals surface area contributed by atoms with Gasteiger partial charge >= 0.3 is 0 Å². The van der Waals surface area contributed by atoms with E-state index in [2.05, 4.69) is 66.7 Å². The molecule has 1 rings (SSSR count). The van der Waals surface area contributed by atoms with E-state index < -0.39 is 0 Å². The molecule has 0 atom stereocenters. The van der Waals surface area contributed by atoms with Gasteiger partial charge in [-0.05, 0) is 47.8 Å². The number of unbranched alkanes of at least 4 members (excludes halogenated alkanes) is 5. The van der Waals surface area contributed by atoms with Crippen LogP contribution >= 0.6 is 0 Å². The predicted molar refractivity (Wildman–Crippen MR) is 107 cm³/mol. The number of rotatable bonds is 10. The molecule has 1 heteroatoms. The molecule has 1 aromatic rings. The van der Waals surface area contributed by atoms with E-state index in [1.165, 1.54) is 56.1 Å². The Hall–Kier alpha value is -0.980. The van der Waals surface area contributed by atoms with E-state index in [0.29, 0.717) is 5.41 Å². The number of hydrogen-bond acceptors (Lipinski definition) is 1. The monoisotopic (exact) mass is 332 g/mol. The Morgan fingerprint density at radius 3 is 2.08 bits per heavy atom. The predicted octanol–water partition coefficient (Wildman–Crippen LogP) is 7.45. The van der Waals surface area contributed by atoms with Crippen LogP contribution in [0.3, 0.4) is 0 Å². The van der Waals surface area contributed by atoms with Gasteiger partial charge in [0.2, 0.25) is 0 Å². The van der Waals surface area contributed by atoms with Crippen LogP contribution < -0.4 is 4.74 Å². The maximum atomic E-state index is 6.01. The van der Waals surface area contributed by atoms with E-state index in [-0.39, 0.29) is 5.41 Å². The van der Waals surface area contributed by atoms with Gasteiger partial charge in [-0.2, -0.15) is 0 Å². The molecule has 0 amide bonds. The number of benzene rings is 1. The summed E-state index contributed by atoms with van der Waals surface area (Å²) in [5.41, 5.74) is 3.22. The van der Waals surface area contributed by atoms with Gasteiger partial charge in [-0.1, -0.05) is 85.8 Å². The van der Waals surface area contributed by atoms with Gasteiger partial charge in [0, 0.05) is 0 Å². The molecular weight excluding hydrogens is 292 g/mol. The molecule has 1 nitrogen and oxygen atoms in total. The molecule has 0 aliphatic heterocycles. The Morgan fingerprint density at radius 1 is 0.875 bits per heavy atom. The fourth-order valence-electron chi connectivity index (χ4n) is 3.72. The van der Waals surface area contributed by atoms with Crippen LogP contribution in [0.15, 0.2) is 18.2 Å². The smallest absolute Gasteiger partial charge is 0.122 e. The van der Waals surface area contributed by atoms with Crippen molar-refractivity contribution in [3.05, 3.63) is 29.3 Å². The lowest BCUT2D eigenvalue weighted by Gasteiger charge is -2.33. The average molecular weight is 333 g/mol. The van der Waals surface area contributed by atoms with E-state index in [1.54, 1.807) is 0 Å². The van der Waals surface area contributed by atoms with Crippen molar-refractivity contribution >= 4 is 0 Å². The molecule has 0 aliphatic carbocycles. The van der Waals surface area contributed by atoms with Crippen LogP contribution in [0.5, 0.6) is 5.75 Å². The third kappa shape index (κ3) is 7.73. The minimum absolute atomic E-state index is 0.195. The van der Waals surface area contributed by atoms with Crippen LogP contribution in [-0.2, 0) is 5.41 Å². The van der Waals surface area contributed by atoms with Crippen molar-refractivity contribution < 1.29 is 4.74 Å². The highest BCUT2D eigenvalue weighted by Crippen LogP contribution is 2.37. The van der Waals surface area contributed by atoms with Crippen LogP contribution in [0, 0.1) is 12.3 Å². The van der Waals surface area contributed by atoms with Crippen molar-refractivity contribution in [3.8, 4) is 5.75 Å². The van der Waals surface area contributed by atoms with Gasteiger partial charge in [0.1, 0.15) is 5.75 Å². The van der Waals surface area contributed by atoms with Crippen LogP contribution in [0.2, 0.25) is 0 Å². The summed E-state index contributed by atoms with van der Waals surface area (Å²) in [6, 6.07) is 6.75. The molecule has 0 fully saturated rings. The summed E-state index contributed by atoms with van der Waals surface area (Å²) in [7, 11) is 0. The highest BCUT2D eigenvalue weighted by atomic mass is 16.5. The first-order chi connectivity index (χ1) is 11.2. The van der Waals surface area contributed by atoms with Crippen molar-refractivity contribution in [3.63, 3.8) is 0 Å². The minimum atomic E-state index is 0.195. The zero-order valence-electron chi connectivity index (χ0n) is 17.3. The first-order valence-corrected chi connectivity index (χ1v) is 9.90. The Balaban J connectivity index is 2.53. The average Bonchev–Trinajstić information content (AvgIpc) is 2.45. The highest BCUT2D eigenvalue weighted by Gasteiger charge is 2.27. The molecule has 0 saturated heterocycles. The first-order valence-electron chi connectivity index (χ1n) is 9.90. The zero-order chi connectivity index (χ0) is 18.2. The SMILES string of the molecule is CCCCCCCCOc1ccc(C(C)(C)CC(C)(C)C)cc1C. The Labute approximate surface area is 151 Å². The van der Waals surface area contributed by atoms with Crippen molar-refractivity contribution in [1.82, 2.24) is 0 Å². The maximum Gasteiger partial charge on any atom is 0.122 e. The Kier molecular flexibility index (Phi) is 8.33. The normalized spacial score (nSPS) is 12.5. The van der Waals surface area contributed by atoms with Gasteiger partial charge in [0.25, 0.3) is 0 Å². The number of hydrogen-bond donors (Lipinski definition) is 0. The van der Waals surface area contributed by atoms with Crippen LogP contribution in [-0.4, -0.2) is 6.61 Å². The van der Waals surface area contributed by atoms with Crippen LogP contribution in [0.25, 0.3) is 0 Å². The Bertz CT molecular complexity index is 479. The standard InChI is InChI=1S/C23H40O/c1-8-9-10-11-12-13-16-24-21-15-14-20(17-19(21)2)23(6,7)18-22(3,4)5/h14-15,17H,8-13,16,18H2,1-7H3. The molecular formula is C23H40O. The summed E-state index contributed by atoms with van der Waals surface area (Å²) in [6.45, 7) is 16.9. The van der Waals surface area contributed by atoms with E-state index in [4.69, 9.17) is 4.74 Å².